The van der Waals surface area contributed by atoms with Gasteiger partial charge in [-0.1, -0.05) is 26.7 Å². The zero-order chi connectivity index (χ0) is 23.7. The molecule has 2 aliphatic rings. The highest BCUT2D eigenvalue weighted by Crippen LogP contribution is 2.49. The van der Waals surface area contributed by atoms with Crippen LogP contribution in [0.3, 0.4) is 0 Å². The van der Waals surface area contributed by atoms with Gasteiger partial charge in [-0.25, -0.2) is 14.3 Å². The molecular weight excluding hydrogens is 422 g/mol. The summed E-state index contributed by atoms with van der Waals surface area (Å²) < 4.78 is 4.21. The number of rotatable bonds is 10. The standard InChI is InChI=1S/C24H37N5O4/c1-4-6-10-28-22-21(27(9-5-2)19(14-30)26-22)23(32)29(24(28)33)13-20(31)25-15(3)18-12-16-7-8-17(18)11-16/h15-18,30H,4-14H2,1-3H3,(H,25,31)/t15-,16-,17-,18-/m1/s1. The van der Waals surface area contributed by atoms with Gasteiger partial charge in [-0.15, -0.1) is 0 Å². The molecule has 2 N–H and O–H groups in total. The van der Waals surface area contributed by atoms with Crippen molar-refractivity contribution >= 4 is 17.1 Å². The summed E-state index contributed by atoms with van der Waals surface area (Å²) in [5.41, 5.74) is -0.464. The molecule has 2 aromatic rings. The molecule has 0 unspecified atom stereocenters. The third-order valence-electron chi connectivity index (χ3n) is 7.64. The normalized spacial score (nSPS) is 22.8. The fourth-order valence-corrected chi connectivity index (χ4v) is 6.03. The maximum Gasteiger partial charge on any atom is 0.333 e. The zero-order valence-electron chi connectivity index (χ0n) is 20.0. The van der Waals surface area contributed by atoms with E-state index in [1.807, 2.05) is 20.8 Å². The molecule has 2 saturated carbocycles. The van der Waals surface area contributed by atoms with Crippen LogP contribution in [-0.2, 0) is 31.0 Å². The van der Waals surface area contributed by atoms with Crippen molar-refractivity contribution in [2.75, 3.05) is 0 Å². The Morgan fingerprint density at radius 3 is 2.52 bits per heavy atom. The molecule has 2 fully saturated rings. The van der Waals surface area contributed by atoms with Gasteiger partial charge in [0.05, 0.1) is 0 Å². The van der Waals surface area contributed by atoms with E-state index < -0.39 is 11.2 Å². The summed E-state index contributed by atoms with van der Waals surface area (Å²) in [6.07, 6.45) is 7.32. The van der Waals surface area contributed by atoms with E-state index >= 15 is 0 Å². The van der Waals surface area contributed by atoms with E-state index in [0.717, 1.165) is 36.2 Å². The van der Waals surface area contributed by atoms with Gasteiger partial charge in [0.15, 0.2) is 11.2 Å². The van der Waals surface area contributed by atoms with E-state index in [2.05, 4.69) is 10.3 Å². The Balaban J connectivity index is 1.67. The number of nitrogens with one attached hydrogen (secondary N) is 1. The number of carbonyl (C=O) groups is 1. The Labute approximate surface area is 193 Å². The summed E-state index contributed by atoms with van der Waals surface area (Å²) in [7, 11) is 0. The molecule has 33 heavy (non-hydrogen) atoms. The molecule has 4 atom stereocenters. The first kappa shape index (κ1) is 23.7. The van der Waals surface area contributed by atoms with Gasteiger partial charge >= 0.3 is 5.69 Å². The summed E-state index contributed by atoms with van der Waals surface area (Å²) in [6, 6.07) is 0.0289. The van der Waals surface area contributed by atoms with Crippen molar-refractivity contribution in [3.8, 4) is 0 Å². The number of unbranched alkanes of at least 4 members (excludes halogenated alkanes) is 1. The predicted molar refractivity (Wildman–Crippen MR) is 126 cm³/mol. The molecule has 0 radical (unpaired) electrons. The number of aromatic nitrogens is 4. The van der Waals surface area contributed by atoms with Crippen molar-refractivity contribution < 1.29 is 9.90 Å². The largest absolute Gasteiger partial charge is 0.388 e. The minimum atomic E-state index is -0.522. The van der Waals surface area contributed by atoms with E-state index in [4.69, 9.17) is 0 Å². The molecule has 182 valence electrons. The Kier molecular flexibility index (Phi) is 7.07. The maximum atomic E-state index is 13.4. The lowest BCUT2D eigenvalue weighted by Gasteiger charge is -2.28. The number of fused-ring (bicyclic) bond motifs is 3. The van der Waals surface area contributed by atoms with Crippen LogP contribution in [-0.4, -0.2) is 35.7 Å². The van der Waals surface area contributed by atoms with E-state index in [1.54, 1.807) is 4.57 Å². The molecule has 1 amide bonds. The van der Waals surface area contributed by atoms with Gasteiger partial charge < -0.3 is 15.0 Å². The fourth-order valence-electron chi connectivity index (χ4n) is 6.03. The first-order chi connectivity index (χ1) is 15.9. The summed E-state index contributed by atoms with van der Waals surface area (Å²) in [6.45, 7) is 6.32. The molecule has 0 aromatic carbocycles. The number of imidazole rings is 1. The number of aliphatic hydroxyl groups excluding tert-OH is 1. The number of amides is 1. The van der Waals surface area contributed by atoms with Crippen molar-refractivity contribution in [3.63, 3.8) is 0 Å². The minimum absolute atomic E-state index is 0.0289. The lowest BCUT2D eigenvalue weighted by Crippen LogP contribution is -2.47. The molecule has 9 nitrogen and oxygen atoms in total. The highest BCUT2D eigenvalue weighted by atomic mass is 16.3. The van der Waals surface area contributed by atoms with Crippen LogP contribution in [0, 0.1) is 17.8 Å². The lowest BCUT2D eigenvalue weighted by molar-refractivity contribution is -0.122. The fraction of sp³-hybridized carbons (Fsp3) is 0.750. The number of carbonyl (C=O) groups excluding carboxylic acids is 1. The van der Waals surface area contributed by atoms with Gasteiger partial charge in [-0.2, -0.15) is 0 Å². The second kappa shape index (κ2) is 9.83. The highest BCUT2D eigenvalue weighted by Gasteiger charge is 2.42. The van der Waals surface area contributed by atoms with Crippen molar-refractivity contribution in [2.24, 2.45) is 17.8 Å². The zero-order valence-corrected chi connectivity index (χ0v) is 20.0. The maximum absolute atomic E-state index is 13.4. The number of aliphatic hydroxyl groups is 1. The molecule has 0 saturated heterocycles. The van der Waals surface area contributed by atoms with E-state index in [9.17, 15) is 19.5 Å². The van der Waals surface area contributed by atoms with Crippen molar-refractivity contribution in [2.45, 2.75) is 98.0 Å². The molecule has 2 aliphatic carbocycles. The smallest absolute Gasteiger partial charge is 0.333 e. The Morgan fingerprint density at radius 2 is 1.91 bits per heavy atom. The van der Waals surface area contributed by atoms with Crippen LogP contribution in [0.25, 0.3) is 11.2 Å². The quantitative estimate of drug-likeness (QED) is 0.565. The van der Waals surface area contributed by atoms with Gasteiger partial charge in [0.1, 0.15) is 19.0 Å². The minimum Gasteiger partial charge on any atom is -0.388 e. The summed E-state index contributed by atoms with van der Waals surface area (Å²) in [4.78, 5) is 44.1. The van der Waals surface area contributed by atoms with Crippen molar-refractivity contribution in [3.05, 3.63) is 26.7 Å². The molecule has 0 aliphatic heterocycles. The first-order valence-corrected chi connectivity index (χ1v) is 12.5. The van der Waals surface area contributed by atoms with Gasteiger partial charge in [0.2, 0.25) is 5.91 Å². The average Bonchev–Trinajstić information content (AvgIpc) is 3.51. The Hall–Kier alpha value is -2.42. The van der Waals surface area contributed by atoms with Crippen LogP contribution in [0.5, 0.6) is 0 Å². The van der Waals surface area contributed by atoms with E-state index in [0.29, 0.717) is 36.4 Å². The molecule has 9 heteroatoms. The SMILES string of the molecule is CCCCn1c(=O)n(CC(=O)N[C@H](C)[C@H]2C[C@@H]3CC[C@@H]2C3)c(=O)c2c1nc(CO)n2CCC. The molecular formula is C24H37N5O4. The summed E-state index contributed by atoms with van der Waals surface area (Å²) in [5.74, 6) is 1.99. The Bertz CT molecular complexity index is 1130. The molecule has 2 heterocycles. The van der Waals surface area contributed by atoms with Crippen LogP contribution in [0.1, 0.15) is 71.5 Å². The van der Waals surface area contributed by atoms with Crippen LogP contribution in [0.2, 0.25) is 0 Å². The predicted octanol–water partition coefficient (Wildman–Crippen LogP) is 2.00. The van der Waals surface area contributed by atoms with Gasteiger partial charge in [-0.05, 0) is 56.8 Å². The van der Waals surface area contributed by atoms with Gasteiger partial charge in [0.25, 0.3) is 5.56 Å². The van der Waals surface area contributed by atoms with Crippen molar-refractivity contribution in [1.29, 1.82) is 0 Å². The van der Waals surface area contributed by atoms with Crippen LogP contribution in [0.15, 0.2) is 9.59 Å². The number of hydrogen-bond donors (Lipinski definition) is 2. The highest BCUT2D eigenvalue weighted by molar-refractivity contribution is 5.77. The number of nitrogens with zero attached hydrogens (tertiary/aromatic N) is 4. The summed E-state index contributed by atoms with van der Waals surface area (Å²) in [5, 5.41) is 12.9. The molecule has 0 spiro atoms. The lowest BCUT2D eigenvalue weighted by atomic mass is 9.84. The van der Waals surface area contributed by atoms with Crippen LogP contribution in [0.4, 0.5) is 0 Å². The molecule has 2 aromatic heterocycles. The number of hydrogen-bond acceptors (Lipinski definition) is 5. The topological polar surface area (TPSA) is 111 Å². The molecule has 2 bridgehead atoms. The third-order valence-corrected chi connectivity index (χ3v) is 7.64. The average molecular weight is 460 g/mol. The van der Waals surface area contributed by atoms with Crippen LogP contribution >= 0.6 is 0 Å². The second-order valence-electron chi connectivity index (χ2n) is 9.88. The van der Waals surface area contributed by atoms with Crippen LogP contribution < -0.4 is 16.6 Å². The second-order valence-corrected chi connectivity index (χ2v) is 9.88. The van der Waals surface area contributed by atoms with Gasteiger partial charge in [-0.3, -0.25) is 14.2 Å². The van der Waals surface area contributed by atoms with Gasteiger partial charge in [0, 0.05) is 19.1 Å². The van der Waals surface area contributed by atoms with Crippen molar-refractivity contribution in [1.82, 2.24) is 24.0 Å². The van der Waals surface area contributed by atoms with E-state index in [-0.39, 0.29) is 30.6 Å². The Morgan fingerprint density at radius 1 is 1.12 bits per heavy atom. The van der Waals surface area contributed by atoms with E-state index in [1.165, 1.54) is 23.8 Å². The number of aryl methyl sites for hydroxylation is 2. The molecule has 4 rings (SSSR count). The monoisotopic (exact) mass is 459 g/mol. The first-order valence-electron chi connectivity index (χ1n) is 12.5. The third kappa shape index (κ3) is 4.39. The summed E-state index contributed by atoms with van der Waals surface area (Å²) >= 11 is 0.